The summed E-state index contributed by atoms with van der Waals surface area (Å²) in [6.45, 7) is 0.530. The third kappa shape index (κ3) is 5.26. The monoisotopic (exact) mass is 331 g/mol. The summed E-state index contributed by atoms with van der Waals surface area (Å²) in [4.78, 5) is 14.1. The fourth-order valence-electron chi connectivity index (χ4n) is 2.20. The molecule has 2 rings (SSSR count). The van der Waals surface area contributed by atoms with E-state index in [9.17, 15) is 10.0 Å². The molecule has 0 saturated carbocycles. The van der Waals surface area contributed by atoms with Crippen molar-refractivity contribution >= 4 is 17.7 Å². The first-order valence-corrected chi connectivity index (χ1v) is 8.35. The van der Waals surface area contributed by atoms with Gasteiger partial charge in [-0.25, -0.2) is 0 Å². The second-order valence-corrected chi connectivity index (χ2v) is 6.34. The SMILES string of the molecule is CN(C)C(CNC(=O)CSc1cccc[n+]1[O-])c1ccccc1. The number of benzene rings is 1. The summed E-state index contributed by atoms with van der Waals surface area (Å²) in [7, 11) is 3.98. The van der Waals surface area contributed by atoms with E-state index in [0.29, 0.717) is 11.6 Å². The van der Waals surface area contributed by atoms with Gasteiger partial charge in [0, 0.05) is 18.7 Å². The van der Waals surface area contributed by atoms with Crippen LogP contribution in [-0.4, -0.2) is 37.2 Å². The van der Waals surface area contributed by atoms with Crippen LogP contribution in [-0.2, 0) is 4.79 Å². The zero-order chi connectivity index (χ0) is 16.7. The molecule has 0 saturated heterocycles. The van der Waals surface area contributed by atoms with Crippen LogP contribution in [0.5, 0.6) is 0 Å². The molecule has 5 nitrogen and oxygen atoms in total. The van der Waals surface area contributed by atoms with Crippen molar-refractivity contribution in [3.8, 4) is 0 Å². The number of nitrogens with zero attached hydrogens (tertiary/aromatic N) is 2. The lowest BCUT2D eigenvalue weighted by Crippen LogP contribution is -2.36. The molecular formula is C17H21N3O2S. The number of hydrogen-bond donors (Lipinski definition) is 1. The Hall–Kier alpha value is -2.05. The molecule has 1 aromatic carbocycles. The quantitative estimate of drug-likeness (QED) is 0.478. The lowest BCUT2D eigenvalue weighted by Gasteiger charge is -2.25. The molecule has 1 atom stereocenters. The Bertz CT molecular complexity index is 635. The van der Waals surface area contributed by atoms with Crippen LogP contribution >= 0.6 is 11.8 Å². The highest BCUT2D eigenvalue weighted by Gasteiger charge is 2.15. The molecule has 6 heteroatoms. The van der Waals surface area contributed by atoms with Crippen molar-refractivity contribution in [1.82, 2.24) is 10.2 Å². The molecule has 0 spiro atoms. The van der Waals surface area contributed by atoms with E-state index in [-0.39, 0.29) is 17.7 Å². The number of pyridine rings is 1. The molecule has 2 aromatic rings. The Morgan fingerprint density at radius 3 is 2.57 bits per heavy atom. The van der Waals surface area contributed by atoms with Gasteiger partial charge >= 0.3 is 0 Å². The first kappa shape index (κ1) is 17.3. The zero-order valence-electron chi connectivity index (χ0n) is 13.3. The average molecular weight is 331 g/mol. The Balaban J connectivity index is 1.86. The Morgan fingerprint density at radius 1 is 1.22 bits per heavy atom. The van der Waals surface area contributed by atoms with Crippen LogP contribution in [0, 0.1) is 5.21 Å². The van der Waals surface area contributed by atoms with Crippen LogP contribution in [0.4, 0.5) is 0 Å². The van der Waals surface area contributed by atoms with Gasteiger partial charge in [-0.1, -0.05) is 30.3 Å². The zero-order valence-corrected chi connectivity index (χ0v) is 14.1. The van der Waals surface area contributed by atoms with Crippen LogP contribution in [0.25, 0.3) is 0 Å². The predicted molar refractivity (Wildman–Crippen MR) is 92.0 cm³/mol. The maximum Gasteiger partial charge on any atom is 0.251 e. The summed E-state index contributed by atoms with van der Waals surface area (Å²) in [5.74, 6) is 0.142. The van der Waals surface area contributed by atoms with E-state index in [2.05, 4.69) is 22.3 Å². The van der Waals surface area contributed by atoms with Gasteiger partial charge in [0.1, 0.15) is 0 Å². The Kier molecular flexibility index (Phi) is 6.43. The van der Waals surface area contributed by atoms with Crippen LogP contribution < -0.4 is 10.0 Å². The number of carbonyl (C=O) groups excluding carboxylic acids is 1. The molecule has 1 aromatic heterocycles. The molecular weight excluding hydrogens is 310 g/mol. The molecule has 122 valence electrons. The van der Waals surface area contributed by atoms with E-state index < -0.39 is 0 Å². The molecule has 0 aliphatic rings. The summed E-state index contributed by atoms with van der Waals surface area (Å²) < 4.78 is 0.768. The van der Waals surface area contributed by atoms with Gasteiger partial charge < -0.3 is 15.4 Å². The smallest absolute Gasteiger partial charge is 0.251 e. The third-order valence-electron chi connectivity index (χ3n) is 3.44. The van der Waals surface area contributed by atoms with Crippen LogP contribution in [0.1, 0.15) is 11.6 Å². The third-order valence-corrected chi connectivity index (χ3v) is 4.46. The maximum absolute atomic E-state index is 12.0. The summed E-state index contributed by atoms with van der Waals surface area (Å²) in [5.41, 5.74) is 1.16. The molecule has 1 unspecified atom stereocenters. The molecule has 1 N–H and O–H groups in total. The number of amides is 1. The minimum Gasteiger partial charge on any atom is -0.618 e. The van der Waals surface area contributed by atoms with Gasteiger partial charge in [-0.15, -0.1) is 0 Å². The van der Waals surface area contributed by atoms with Crippen LogP contribution in [0.2, 0.25) is 0 Å². The molecule has 0 aliphatic heterocycles. The standard InChI is InChI=1S/C17H21N3O2S/c1-19(2)15(14-8-4-3-5-9-14)12-18-16(21)13-23-17-10-6-7-11-20(17)22/h3-11,15H,12-13H2,1-2H3,(H,18,21). The molecule has 1 heterocycles. The normalized spacial score (nSPS) is 12.1. The summed E-state index contributed by atoms with van der Waals surface area (Å²) in [5, 5.41) is 15.0. The second-order valence-electron chi connectivity index (χ2n) is 5.35. The van der Waals surface area contributed by atoms with Gasteiger partial charge in [0.25, 0.3) is 5.03 Å². The maximum atomic E-state index is 12.0. The van der Waals surface area contributed by atoms with E-state index >= 15 is 0 Å². The average Bonchev–Trinajstić information content (AvgIpc) is 2.55. The van der Waals surface area contributed by atoms with E-state index in [1.54, 1.807) is 18.2 Å². The minimum absolute atomic E-state index is 0.0818. The van der Waals surface area contributed by atoms with Crippen LogP contribution in [0.15, 0.2) is 59.8 Å². The van der Waals surface area contributed by atoms with Crippen molar-refractivity contribution < 1.29 is 9.52 Å². The van der Waals surface area contributed by atoms with Crippen molar-refractivity contribution in [2.24, 2.45) is 0 Å². The van der Waals surface area contributed by atoms with Gasteiger partial charge in [0.2, 0.25) is 5.91 Å². The van der Waals surface area contributed by atoms with Gasteiger partial charge in [0.05, 0.1) is 11.8 Å². The lowest BCUT2D eigenvalue weighted by molar-refractivity contribution is -0.645. The molecule has 0 bridgehead atoms. The molecule has 0 fully saturated rings. The number of carbonyl (C=O) groups is 1. The van der Waals surface area contributed by atoms with E-state index in [1.165, 1.54) is 18.0 Å². The van der Waals surface area contributed by atoms with Gasteiger partial charge in [0.15, 0.2) is 6.20 Å². The van der Waals surface area contributed by atoms with Crippen molar-refractivity contribution in [2.75, 3.05) is 26.4 Å². The fourth-order valence-corrected chi connectivity index (χ4v) is 2.94. The number of aromatic nitrogens is 1. The molecule has 0 aliphatic carbocycles. The second kappa shape index (κ2) is 8.55. The van der Waals surface area contributed by atoms with E-state index in [0.717, 1.165) is 10.3 Å². The highest BCUT2D eigenvalue weighted by Crippen LogP contribution is 2.17. The summed E-state index contributed by atoms with van der Waals surface area (Å²) in [6.07, 6.45) is 1.43. The van der Waals surface area contributed by atoms with Gasteiger partial charge in [-0.3, -0.25) is 4.79 Å². The van der Waals surface area contributed by atoms with Gasteiger partial charge in [-0.05, 0) is 37.5 Å². The predicted octanol–water partition coefficient (Wildman–Crippen LogP) is 1.83. The number of rotatable bonds is 7. The fraction of sp³-hybridized carbons (Fsp3) is 0.294. The highest BCUT2D eigenvalue weighted by atomic mass is 32.2. The topological polar surface area (TPSA) is 59.3 Å². The van der Waals surface area contributed by atoms with Crippen molar-refractivity contribution in [3.05, 3.63) is 65.5 Å². The minimum atomic E-state index is -0.0818. The first-order chi connectivity index (χ1) is 11.1. The van der Waals surface area contributed by atoms with E-state index in [1.807, 2.05) is 32.3 Å². The van der Waals surface area contributed by atoms with Crippen LogP contribution in [0.3, 0.4) is 0 Å². The first-order valence-electron chi connectivity index (χ1n) is 7.37. The molecule has 1 amide bonds. The highest BCUT2D eigenvalue weighted by molar-refractivity contribution is 7.99. The number of hydrogen-bond acceptors (Lipinski definition) is 4. The van der Waals surface area contributed by atoms with Crippen molar-refractivity contribution in [1.29, 1.82) is 0 Å². The van der Waals surface area contributed by atoms with Crippen molar-refractivity contribution in [3.63, 3.8) is 0 Å². The molecule has 23 heavy (non-hydrogen) atoms. The largest absolute Gasteiger partial charge is 0.618 e. The van der Waals surface area contributed by atoms with Crippen molar-refractivity contribution in [2.45, 2.75) is 11.1 Å². The lowest BCUT2D eigenvalue weighted by atomic mass is 10.1. The van der Waals surface area contributed by atoms with Gasteiger partial charge in [-0.2, -0.15) is 4.73 Å². The summed E-state index contributed by atoms with van der Waals surface area (Å²) >= 11 is 1.24. The number of thioether (sulfide) groups is 1. The van der Waals surface area contributed by atoms with E-state index in [4.69, 9.17) is 0 Å². The number of likely N-dealkylation sites (N-methyl/N-ethyl adjacent to an activating group) is 1. The molecule has 0 radical (unpaired) electrons. The Morgan fingerprint density at radius 2 is 1.91 bits per heavy atom. The number of nitrogens with one attached hydrogen (secondary N) is 1. The Labute approximate surface area is 140 Å². The summed E-state index contributed by atoms with van der Waals surface area (Å²) in [6, 6.07) is 15.3.